The first-order valence-corrected chi connectivity index (χ1v) is 22.6. The number of nitrogens with zero attached hydrogens (tertiary/aromatic N) is 4. The van der Waals surface area contributed by atoms with E-state index in [9.17, 15) is 59.5 Å². The Balaban J connectivity index is 1.22. The van der Waals surface area contributed by atoms with Gasteiger partial charge in [0.15, 0.2) is 5.41 Å². The van der Waals surface area contributed by atoms with Crippen LogP contribution in [0.2, 0.25) is 0 Å². The van der Waals surface area contributed by atoms with E-state index in [2.05, 4.69) is 20.9 Å². The molecular weight excluding hydrogens is 872 g/mol. The molecule has 1 aromatic heterocycles. The van der Waals surface area contributed by atoms with Crippen molar-refractivity contribution in [3.63, 3.8) is 0 Å². The average Bonchev–Trinajstić information content (AvgIpc) is 4.17. The van der Waals surface area contributed by atoms with E-state index in [4.69, 9.17) is 4.74 Å². The molecule has 5 aliphatic rings. The van der Waals surface area contributed by atoms with Crippen molar-refractivity contribution in [1.82, 2.24) is 35.6 Å². The van der Waals surface area contributed by atoms with Crippen molar-refractivity contribution in [3.05, 3.63) is 23.6 Å². The lowest BCUT2D eigenvalue weighted by Gasteiger charge is -2.48. The summed E-state index contributed by atoms with van der Waals surface area (Å²) in [7, 11) is 2.76. The van der Waals surface area contributed by atoms with Crippen LogP contribution >= 0.6 is 0 Å². The number of carbonyl (C=O) groups excluding carboxylic acids is 6. The van der Waals surface area contributed by atoms with Crippen LogP contribution < -0.4 is 20.7 Å². The number of halogens is 7. The molecule has 2 saturated heterocycles. The van der Waals surface area contributed by atoms with Crippen molar-refractivity contribution < 1.29 is 64.2 Å². The second-order valence-electron chi connectivity index (χ2n) is 19.0. The first kappa shape index (κ1) is 49.7. The Hall–Kier alpha value is -4.72. The maximum absolute atomic E-state index is 14.8. The second kappa shape index (κ2) is 20.0. The number of hydrogen-bond acceptors (Lipinski definition) is 8. The molecule has 3 N–H and O–H groups in total. The third-order valence-corrected chi connectivity index (χ3v) is 13.2. The predicted octanol–water partition coefficient (Wildman–Crippen LogP) is 4.77. The Kier molecular flexibility index (Phi) is 15.3. The van der Waals surface area contributed by atoms with E-state index in [1.165, 1.54) is 25.1 Å². The molecule has 65 heavy (non-hydrogen) atoms. The van der Waals surface area contributed by atoms with Crippen molar-refractivity contribution >= 4 is 35.4 Å². The molecule has 6 amide bonds. The molecular formula is C44H60F7N7O7. The van der Waals surface area contributed by atoms with E-state index < -0.39 is 127 Å². The molecule has 6 rings (SSSR count). The zero-order chi connectivity index (χ0) is 47.6. The van der Waals surface area contributed by atoms with Gasteiger partial charge in [-0.05, 0) is 62.8 Å². The van der Waals surface area contributed by atoms with Gasteiger partial charge in [-0.2, -0.15) is 13.2 Å². The molecule has 362 valence electrons. The number of pyridine rings is 1. The fourth-order valence-corrected chi connectivity index (χ4v) is 9.13. The van der Waals surface area contributed by atoms with E-state index in [1.54, 1.807) is 0 Å². The summed E-state index contributed by atoms with van der Waals surface area (Å²) in [6.45, 7) is 3.02. The molecule has 0 bridgehead atoms. The Bertz CT molecular complexity index is 1940. The first-order valence-electron chi connectivity index (χ1n) is 22.6. The molecule has 21 heteroatoms. The molecule has 0 radical (unpaired) electrons. The van der Waals surface area contributed by atoms with Gasteiger partial charge in [0.25, 0.3) is 5.92 Å². The maximum Gasteiger partial charge on any atom is 0.403 e. The number of carbonyl (C=O) groups is 6. The minimum atomic E-state index is -5.40. The van der Waals surface area contributed by atoms with Crippen molar-refractivity contribution in [2.75, 3.05) is 27.2 Å². The van der Waals surface area contributed by atoms with Gasteiger partial charge in [0, 0.05) is 51.9 Å². The molecule has 3 aliphatic carbocycles. The largest absolute Gasteiger partial charge is 0.474 e. The number of alkyl halides is 6. The fourth-order valence-electron chi connectivity index (χ4n) is 9.13. The van der Waals surface area contributed by atoms with Gasteiger partial charge in [-0.3, -0.25) is 28.8 Å². The van der Waals surface area contributed by atoms with Crippen LogP contribution in [0.3, 0.4) is 0 Å². The molecule has 3 heterocycles. The lowest BCUT2D eigenvalue weighted by Crippen LogP contribution is -2.65. The van der Waals surface area contributed by atoms with E-state index in [0.717, 1.165) is 23.9 Å². The summed E-state index contributed by atoms with van der Waals surface area (Å²) in [6.07, 6.45) is -5.19. The summed E-state index contributed by atoms with van der Waals surface area (Å²) >= 11 is 0. The third-order valence-electron chi connectivity index (χ3n) is 13.2. The number of amides is 6. The lowest BCUT2D eigenvalue weighted by molar-refractivity contribution is -0.299. The second-order valence-corrected chi connectivity index (χ2v) is 19.0. The summed E-state index contributed by atoms with van der Waals surface area (Å²) in [5.74, 6) is -10.5. The maximum atomic E-state index is 14.8. The van der Waals surface area contributed by atoms with Gasteiger partial charge in [-0.25, -0.2) is 22.5 Å². The van der Waals surface area contributed by atoms with Crippen molar-refractivity contribution in [2.24, 2.45) is 17.3 Å². The highest BCUT2D eigenvalue weighted by Crippen LogP contribution is 2.61. The summed E-state index contributed by atoms with van der Waals surface area (Å²) in [4.78, 5) is 91.1. The highest BCUT2D eigenvalue weighted by atomic mass is 19.4. The van der Waals surface area contributed by atoms with Crippen LogP contribution in [0.1, 0.15) is 109 Å². The standard InChI is InChI=1S/C44H60F7N7O7/c1-24(2)16-30-39(62)57(4)32(18-26-17-27(45)20-53-38(26)65-29-13-14-29)35(59)52-15-9-7-5-6-8-10-31(36(60)54-30)56(3)40(63)34(25-11-12-25)55-37(61)33-19-28(46)21-58(33)41(64)42(44(49,50)51)22-43(47,48)23-42/h17,20,24-25,28-34H,5-16,18-19,21-23H2,1-4H3,(H,52,59)(H,54,60)(H,55,61)/t28-,30+,31+,32+,33+,34+/m1/s1. The third kappa shape index (κ3) is 11.8. The Morgan fingerprint density at radius 2 is 1.66 bits per heavy atom. The number of aromatic nitrogens is 1. The molecule has 14 nitrogen and oxygen atoms in total. The van der Waals surface area contributed by atoms with Crippen LogP contribution in [0, 0.1) is 23.1 Å². The minimum absolute atomic E-state index is 0.0968. The van der Waals surface area contributed by atoms with Crippen molar-refractivity contribution in [2.45, 2.75) is 165 Å². The number of likely N-dealkylation sites (tertiary alicyclic amines) is 1. The first-order chi connectivity index (χ1) is 30.5. The van der Waals surface area contributed by atoms with E-state index in [1.807, 2.05) is 13.8 Å². The number of nitrogens with one attached hydrogen (secondary N) is 3. The SMILES string of the molecule is CC(C)C[C@@H]1NC(=O)[C@@H](N(C)C(=O)[C@@H](NC(=O)[C@@H]2C[C@@H](F)CN2C(=O)C2(C(F)(F)F)CC(F)(F)C2)C2CC2)CCCCCCCNC(=O)[C@H](Cc2cc(F)cnc2OC2CC2)N(C)C1=O. The molecule has 5 fully saturated rings. The molecule has 1 aromatic rings. The molecule has 0 spiro atoms. The Morgan fingerprint density at radius 3 is 2.28 bits per heavy atom. The van der Waals surface area contributed by atoms with E-state index in [0.29, 0.717) is 56.4 Å². The number of hydrogen-bond donors (Lipinski definition) is 3. The fraction of sp³-hybridized carbons (Fsp3) is 0.750. The smallest absolute Gasteiger partial charge is 0.403 e. The van der Waals surface area contributed by atoms with Gasteiger partial charge in [-0.15, -0.1) is 0 Å². The summed E-state index contributed by atoms with van der Waals surface area (Å²) in [6, 6.07) is -5.54. The predicted molar refractivity (Wildman–Crippen MR) is 219 cm³/mol. The zero-order valence-electron chi connectivity index (χ0n) is 37.2. The van der Waals surface area contributed by atoms with Crippen LogP contribution in [-0.2, 0) is 35.2 Å². The number of rotatable bonds is 12. The van der Waals surface area contributed by atoms with Crippen LogP contribution in [-0.4, -0.2) is 137 Å². The number of likely N-dealkylation sites (N-methyl/N-ethyl adjacent to an activating group) is 2. The molecule has 2 aliphatic heterocycles. The van der Waals surface area contributed by atoms with Gasteiger partial charge in [0.05, 0.1) is 12.7 Å². The van der Waals surface area contributed by atoms with Gasteiger partial charge < -0.3 is 35.4 Å². The summed E-state index contributed by atoms with van der Waals surface area (Å²) < 4.78 is 106. The topological polar surface area (TPSA) is 170 Å². The normalized spacial score (nSPS) is 27.3. The van der Waals surface area contributed by atoms with Crippen LogP contribution in [0.25, 0.3) is 0 Å². The molecule has 6 atom stereocenters. The van der Waals surface area contributed by atoms with Gasteiger partial charge >= 0.3 is 6.18 Å². The molecule has 3 saturated carbocycles. The highest BCUT2D eigenvalue weighted by Gasteiger charge is 2.75. The van der Waals surface area contributed by atoms with Gasteiger partial charge in [0.2, 0.25) is 41.3 Å². The van der Waals surface area contributed by atoms with Crippen molar-refractivity contribution in [1.29, 1.82) is 0 Å². The molecule has 0 aromatic carbocycles. The van der Waals surface area contributed by atoms with Crippen LogP contribution in [0.5, 0.6) is 5.88 Å². The summed E-state index contributed by atoms with van der Waals surface area (Å²) in [5, 5.41) is 8.22. The quantitative estimate of drug-likeness (QED) is 0.252. The molecule has 0 unspecified atom stereocenters. The Morgan fingerprint density at radius 1 is 1.00 bits per heavy atom. The average molecular weight is 932 g/mol. The van der Waals surface area contributed by atoms with E-state index >= 15 is 0 Å². The van der Waals surface area contributed by atoms with Gasteiger partial charge in [-0.1, -0.05) is 39.5 Å². The Labute approximate surface area is 373 Å². The van der Waals surface area contributed by atoms with Gasteiger partial charge in [0.1, 0.15) is 48.3 Å². The number of ether oxygens (including phenoxy) is 1. The van der Waals surface area contributed by atoms with Crippen molar-refractivity contribution in [3.8, 4) is 5.88 Å². The monoisotopic (exact) mass is 931 g/mol. The lowest BCUT2D eigenvalue weighted by atomic mass is 9.64. The highest BCUT2D eigenvalue weighted by molar-refractivity contribution is 5.97. The van der Waals surface area contributed by atoms with Crippen LogP contribution in [0.15, 0.2) is 12.3 Å². The minimum Gasteiger partial charge on any atom is -0.474 e. The van der Waals surface area contributed by atoms with Crippen LogP contribution in [0.4, 0.5) is 30.7 Å². The summed E-state index contributed by atoms with van der Waals surface area (Å²) in [5.41, 5.74) is -3.22. The zero-order valence-corrected chi connectivity index (χ0v) is 37.2. The van der Waals surface area contributed by atoms with E-state index in [-0.39, 0.29) is 42.7 Å².